The van der Waals surface area contributed by atoms with Crippen LogP contribution in [-0.4, -0.2) is 40.0 Å². The van der Waals surface area contributed by atoms with E-state index in [1.807, 2.05) is 41.2 Å². The van der Waals surface area contributed by atoms with E-state index in [9.17, 15) is 4.79 Å². The number of furan rings is 1. The number of fused-ring (bicyclic) bond motifs is 1. The van der Waals surface area contributed by atoms with Gasteiger partial charge in [-0.1, -0.05) is 0 Å². The summed E-state index contributed by atoms with van der Waals surface area (Å²) in [6.07, 6.45) is 3.67. The van der Waals surface area contributed by atoms with Crippen LogP contribution in [0.15, 0.2) is 34.3 Å². The van der Waals surface area contributed by atoms with E-state index in [2.05, 4.69) is 10.3 Å². The van der Waals surface area contributed by atoms with E-state index in [0.717, 1.165) is 22.2 Å². The molecule has 0 unspecified atom stereocenters. The maximum Gasteiger partial charge on any atom is 0.317 e. The molecule has 126 valence electrons. The molecular weight excluding hydrogens is 328 g/mol. The van der Waals surface area contributed by atoms with Gasteiger partial charge in [0.2, 0.25) is 0 Å². The van der Waals surface area contributed by atoms with Crippen LogP contribution in [0.3, 0.4) is 0 Å². The molecule has 2 amide bonds. The van der Waals surface area contributed by atoms with Crippen molar-refractivity contribution in [3.8, 4) is 0 Å². The molecule has 1 saturated heterocycles. The van der Waals surface area contributed by atoms with E-state index in [1.54, 1.807) is 16.2 Å². The summed E-state index contributed by atoms with van der Waals surface area (Å²) in [6.45, 7) is 3.86. The van der Waals surface area contributed by atoms with Crippen molar-refractivity contribution in [3.63, 3.8) is 0 Å². The number of hydrogen-bond donors (Lipinski definition) is 1. The summed E-state index contributed by atoms with van der Waals surface area (Å²) in [6, 6.07) is 3.70. The first-order chi connectivity index (χ1) is 11.7. The van der Waals surface area contributed by atoms with E-state index in [1.165, 1.54) is 0 Å². The number of aromatic nitrogens is 2. The number of amides is 2. The third kappa shape index (κ3) is 3.02. The first-order valence-corrected chi connectivity index (χ1v) is 8.69. The number of nitrogens with zero attached hydrogens (tertiary/aromatic N) is 3. The number of carbonyl (C=O) groups excluding carboxylic acids is 1. The predicted molar refractivity (Wildman–Crippen MR) is 89.0 cm³/mol. The molecule has 1 aliphatic heterocycles. The van der Waals surface area contributed by atoms with Crippen molar-refractivity contribution in [2.24, 2.45) is 0 Å². The van der Waals surface area contributed by atoms with Gasteiger partial charge in [-0.15, -0.1) is 11.3 Å². The van der Waals surface area contributed by atoms with E-state index < -0.39 is 0 Å². The molecular formula is C16H18N4O3S. The van der Waals surface area contributed by atoms with Crippen LogP contribution in [0, 0.1) is 6.92 Å². The zero-order chi connectivity index (χ0) is 16.5. The van der Waals surface area contributed by atoms with Crippen molar-refractivity contribution < 1.29 is 13.9 Å². The zero-order valence-corrected chi connectivity index (χ0v) is 14.1. The molecule has 0 bridgehead atoms. The zero-order valence-electron chi connectivity index (χ0n) is 13.3. The van der Waals surface area contributed by atoms with Gasteiger partial charge in [-0.25, -0.2) is 9.78 Å². The number of carbonyl (C=O) groups is 1. The number of ether oxygens (including phenoxy) is 1. The van der Waals surface area contributed by atoms with Gasteiger partial charge >= 0.3 is 6.03 Å². The predicted octanol–water partition coefficient (Wildman–Crippen LogP) is 2.58. The van der Waals surface area contributed by atoms with Crippen LogP contribution in [0.1, 0.15) is 23.3 Å². The van der Waals surface area contributed by atoms with Gasteiger partial charge in [0.1, 0.15) is 17.6 Å². The number of thiazole rings is 1. The van der Waals surface area contributed by atoms with Gasteiger partial charge in [0, 0.05) is 24.3 Å². The average Bonchev–Trinajstić information content (AvgIpc) is 3.28. The molecule has 1 atom stereocenters. The van der Waals surface area contributed by atoms with E-state index >= 15 is 0 Å². The number of imidazole rings is 1. The number of nitrogens with one attached hydrogen (secondary N) is 1. The van der Waals surface area contributed by atoms with Crippen LogP contribution in [0.5, 0.6) is 0 Å². The molecule has 4 heterocycles. The SMILES string of the molecule is Cc1ccc([C@H]2CN(C(=O)NCc3cn4ccsc4n3)CCO2)o1. The summed E-state index contributed by atoms with van der Waals surface area (Å²) in [5, 5.41) is 4.91. The van der Waals surface area contributed by atoms with Crippen LogP contribution in [0.25, 0.3) is 4.96 Å². The maximum atomic E-state index is 12.4. The van der Waals surface area contributed by atoms with Crippen LogP contribution in [0.4, 0.5) is 4.79 Å². The average molecular weight is 346 g/mol. The van der Waals surface area contributed by atoms with Gasteiger partial charge in [0.05, 0.1) is 25.4 Å². The smallest absolute Gasteiger partial charge is 0.317 e. The Bertz CT molecular complexity index is 824. The van der Waals surface area contributed by atoms with Gasteiger partial charge in [-0.05, 0) is 19.1 Å². The molecule has 1 fully saturated rings. The minimum absolute atomic E-state index is 0.108. The second-order valence-corrected chi connectivity index (χ2v) is 6.61. The fraction of sp³-hybridized carbons (Fsp3) is 0.375. The van der Waals surface area contributed by atoms with Gasteiger partial charge < -0.3 is 19.4 Å². The van der Waals surface area contributed by atoms with Crippen molar-refractivity contribution in [1.82, 2.24) is 19.6 Å². The minimum atomic E-state index is -0.212. The van der Waals surface area contributed by atoms with Gasteiger partial charge in [-0.3, -0.25) is 4.40 Å². The fourth-order valence-corrected chi connectivity index (χ4v) is 3.49. The van der Waals surface area contributed by atoms with Gasteiger partial charge in [0.25, 0.3) is 0 Å². The number of rotatable bonds is 3. The lowest BCUT2D eigenvalue weighted by Crippen LogP contribution is -2.46. The third-order valence-corrected chi connectivity index (χ3v) is 4.77. The molecule has 0 spiro atoms. The first-order valence-electron chi connectivity index (χ1n) is 7.81. The summed E-state index contributed by atoms with van der Waals surface area (Å²) < 4.78 is 13.3. The standard InChI is InChI=1S/C16H18N4O3S/c1-11-2-3-13(23-11)14-10-19(4-6-22-14)15(21)17-8-12-9-20-5-7-24-16(20)18-12/h2-3,5,7,9,14H,4,6,8,10H2,1H3,(H,17,21)/t14-/m1/s1. The number of aryl methyl sites for hydroxylation is 1. The molecule has 24 heavy (non-hydrogen) atoms. The first kappa shape index (κ1) is 15.2. The Morgan fingerprint density at radius 1 is 1.50 bits per heavy atom. The molecule has 0 aromatic carbocycles. The molecule has 3 aromatic heterocycles. The second kappa shape index (κ2) is 6.29. The fourth-order valence-electron chi connectivity index (χ4n) is 2.77. The number of urea groups is 1. The molecule has 0 saturated carbocycles. The molecule has 7 nitrogen and oxygen atoms in total. The van der Waals surface area contributed by atoms with Crippen molar-refractivity contribution >= 4 is 22.3 Å². The summed E-state index contributed by atoms with van der Waals surface area (Å²) in [5.41, 5.74) is 0.849. The van der Waals surface area contributed by atoms with E-state index in [4.69, 9.17) is 9.15 Å². The highest BCUT2D eigenvalue weighted by Gasteiger charge is 2.27. The van der Waals surface area contributed by atoms with E-state index in [0.29, 0.717) is 26.2 Å². The molecule has 3 aromatic rings. The highest BCUT2D eigenvalue weighted by atomic mass is 32.1. The Balaban J connectivity index is 1.36. The van der Waals surface area contributed by atoms with Gasteiger partial charge in [-0.2, -0.15) is 0 Å². The Kier molecular flexibility index (Phi) is 3.99. The summed E-state index contributed by atoms with van der Waals surface area (Å²) in [5.74, 6) is 1.61. The molecule has 4 rings (SSSR count). The summed E-state index contributed by atoms with van der Waals surface area (Å²) in [4.78, 5) is 19.6. The largest absolute Gasteiger partial charge is 0.464 e. The molecule has 1 N–H and O–H groups in total. The molecule has 0 radical (unpaired) electrons. The lowest BCUT2D eigenvalue weighted by Gasteiger charge is -2.31. The van der Waals surface area contributed by atoms with Crippen molar-refractivity contribution in [2.75, 3.05) is 19.7 Å². The number of morpholine rings is 1. The Morgan fingerprint density at radius 3 is 3.21 bits per heavy atom. The van der Waals surface area contributed by atoms with Crippen molar-refractivity contribution in [1.29, 1.82) is 0 Å². The normalized spacial score (nSPS) is 18.2. The Labute approximate surface area is 142 Å². The Morgan fingerprint density at radius 2 is 2.42 bits per heavy atom. The maximum absolute atomic E-state index is 12.4. The quantitative estimate of drug-likeness (QED) is 0.791. The molecule has 0 aliphatic carbocycles. The van der Waals surface area contributed by atoms with Crippen LogP contribution in [0.2, 0.25) is 0 Å². The van der Waals surface area contributed by atoms with Crippen molar-refractivity contribution in [3.05, 3.63) is 47.1 Å². The van der Waals surface area contributed by atoms with Crippen molar-refractivity contribution in [2.45, 2.75) is 19.6 Å². The van der Waals surface area contributed by atoms with E-state index in [-0.39, 0.29) is 12.1 Å². The monoisotopic (exact) mass is 346 g/mol. The highest BCUT2D eigenvalue weighted by Crippen LogP contribution is 2.24. The summed E-state index contributed by atoms with van der Waals surface area (Å²) >= 11 is 1.57. The highest BCUT2D eigenvalue weighted by molar-refractivity contribution is 7.15. The Hall–Kier alpha value is -2.32. The molecule has 1 aliphatic rings. The topological polar surface area (TPSA) is 72.0 Å². The van der Waals surface area contributed by atoms with Crippen LogP contribution >= 0.6 is 11.3 Å². The lowest BCUT2D eigenvalue weighted by molar-refractivity contribution is -0.0263. The third-order valence-electron chi connectivity index (χ3n) is 4.00. The summed E-state index contributed by atoms with van der Waals surface area (Å²) in [7, 11) is 0. The van der Waals surface area contributed by atoms with Crippen LogP contribution in [-0.2, 0) is 11.3 Å². The second-order valence-electron chi connectivity index (χ2n) is 5.74. The van der Waals surface area contributed by atoms with Gasteiger partial charge in [0.15, 0.2) is 4.96 Å². The lowest BCUT2D eigenvalue weighted by atomic mass is 10.2. The molecule has 8 heteroatoms. The van der Waals surface area contributed by atoms with Crippen LogP contribution < -0.4 is 5.32 Å². The minimum Gasteiger partial charge on any atom is -0.464 e. The number of hydrogen-bond acceptors (Lipinski definition) is 5.